The summed E-state index contributed by atoms with van der Waals surface area (Å²) in [5, 5.41) is 3.42. The van der Waals surface area contributed by atoms with Crippen LogP contribution in [0, 0.1) is 0 Å². The minimum absolute atomic E-state index is 0. The third-order valence-corrected chi connectivity index (χ3v) is 4.12. The number of methoxy groups -OCH3 is 1. The molecule has 1 heterocycles. The molecule has 7 heteroatoms. The molecule has 1 fully saturated rings. The Kier molecular flexibility index (Phi) is 15.1. The molecule has 0 amide bonds. The van der Waals surface area contributed by atoms with E-state index in [0.717, 1.165) is 77.7 Å². The summed E-state index contributed by atoms with van der Waals surface area (Å²) < 4.78 is 10.8. The Morgan fingerprint density at radius 1 is 1.25 bits per heavy atom. The summed E-state index contributed by atoms with van der Waals surface area (Å²) in [6.07, 6.45) is 3.69. The van der Waals surface area contributed by atoms with E-state index in [1.807, 2.05) is 0 Å². The summed E-state index contributed by atoms with van der Waals surface area (Å²) in [5.41, 5.74) is 0. The number of rotatable bonds is 10. The van der Waals surface area contributed by atoms with Crippen LogP contribution in [-0.4, -0.2) is 88.5 Å². The van der Waals surface area contributed by atoms with Crippen LogP contribution in [0.2, 0.25) is 0 Å². The van der Waals surface area contributed by atoms with E-state index < -0.39 is 0 Å². The fourth-order valence-electron chi connectivity index (χ4n) is 2.78. The summed E-state index contributed by atoms with van der Waals surface area (Å²) in [4.78, 5) is 9.45. The number of hydrogen-bond donors (Lipinski definition) is 1. The maximum Gasteiger partial charge on any atom is 0.193 e. The Bertz CT molecular complexity index is 324. The summed E-state index contributed by atoms with van der Waals surface area (Å²) in [7, 11) is 3.88. The summed E-state index contributed by atoms with van der Waals surface area (Å²) >= 11 is 0. The molecule has 0 saturated carbocycles. The van der Waals surface area contributed by atoms with Crippen LogP contribution in [0.4, 0.5) is 0 Å². The number of aliphatic imine (C=N–C) groups is 1. The molecule has 1 N–H and O–H groups in total. The van der Waals surface area contributed by atoms with Crippen molar-refractivity contribution in [2.75, 3.05) is 66.6 Å². The minimum atomic E-state index is 0. The molecule has 1 saturated heterocycles. The Hall–Kier alpha value is -0.120. The fourth-order valence-corrected chi connectivity index (χ4v) is 2.78. The highest BCUT2D eigenvalue weighted by Gasteiger charge is 2.21. The van der Waals surface area contributed by atoms with Crippen molar-refractivity contribution in [1.29, 1.82) is 0 Å². The van der Waals surface area contributed by atoms with Gasteiger partial charge >= 0.3 is 0 Å². The lowest BCUT2D eigenvalue weighted by atomic mass is 10.1. The Labute approximate surface area is 165 Å². The number of guanidine groups is 1. The van der Waals surface area contributed by atoms with E-state index in [-0.39, 0.29) is 24.0 Å². The van der Waals surface area contributed by atoms with Crippen molar-refractivity contribution < 1.29 is 9.47 Å². The lowest BCUT2D eigenvalue weighted by Gasteiger charge is -2.34. The maximum atomic E-state index is 5.73. The monoisotopic (exact) mass is 456 g/mol. The average molecular weight is 456 g/mol. The average Bonchev–Trinajstić information content (AvgIpc) is 2.57. The molecular formula is C17H37IN4O2. The lowest BCUT2D eigenvalue weighted by Crippen LogP contribution is -2.47. The molecule has 1 aliphatic heterocycles. The van der Waals surface area contributed by atoms with E-state index in [1.165, 1.54) is 0 Å². The Morgan fingerprint density at radius 3 is 2.54 bits per heavy atom. The zero-order valence-electron chi connectivity index (χ0n) is 15.9. The highest BCUT2D eigenvalue weighted by atomic mass is 127. The number of ether oxygens (including phenoxy) is 2. The van der Waals surface area contributed by atoms with Crippen LogP contribution < -0.4 is 5.32 Å². The second-order valence-electron chi connectivity index (χ2n) is 6.03. The molecule has 24 heavy (non-hydrogen) atoms. The molecular weight excluding hydrogens is 419 g/mol. The molecule has 0 aromatic carbocycles. The van der Waals surface area contributed by atoms with Gasteiger partial charge in [-0.1, -0.05) is 0 Å². The zero-order chi connectivity index (χ0) is 16.9. The molecule has 1 rings (SSSR count). The second kappa shape index (κ2) is 15.2. The van der Waals surface area contributed by atoms with Gasteiger partial charge < -0.3 is 24.6 Å². The summed E-state index contributed by atoms with van der Waals surface area (Å²) in [5.74, 6) is 1.06. The van der Waals surface area contributed by atoms with Gasteiger partial charge in [0.15, 0.2) is 5.96 Å². The number of likely N-dealkylation sites (tertiary alicyclic amines) is 1. The van der Waals surface area contributed by atoms with Gasteiger partial charge in [-0.2, -0.15) is 0 Å². The van der Waals surface area contributed by atoms with Crippen LogP contribution in [0.3, 0.4) is 0 Å². The number of halogens is 1. The van der Waals surface area contributed by atoms with E-state index in [4.69, 9.17) is 14.5 Å². The molecule has 0 aromatic heterocycles. The topological polar surface area (TPSA) is 49.3 Å². The first kappa shape index (κ1) is 23.9. The maximum absolute atomic E-state index is 5.73. The molecule has 6 nitrogen and oxygen atoms in total. The largest absolute Gasteiger partial charge is 0.383 e. The molecule has 0 unspecified atom stereocenters. The Morgan fingerprint density at radius 2 is 1.96 bits per heavy atom. The van der Waals surface area contributed by atoms with Crippen molar-refractivity contribution in [2.45, 2.75) is 39.2 Å². The van der Waals surface area contributed by atoms with Crippen molar-refractivity contribution in [2.24, 2.45) is 4.99 Å². The number of nitrogens with one attached hydrogen (secondary N) is 1. The molecule has 144 valence electrons. The van der Waals surface area contributed by atoms with Gasteiger partial charge in [-0.3, -0.25) is 4.99 Å². The van der Waals surface area contributed by atoms with Crippen LogP contribution in [0.15, 0.2) is 4.99 Å². The number of nitrogens with zero attached hydrogens (tertiary/aromatic N) is 3. The minimum Gasteiger partial charge on any atom is -0.383 e. The SMILES string of the molecule is CCNC(=NCCCN(C)CCOC)N1CCC(OCC)CC1.I. The smallest absolute Gasteiger partial charge is 0.193 e. The molecule has 1 aliphatic rings. The van der Waals surface area contributed by atoms with Crippen LogP contribution >= 0.6 is 24.0 Å². The van der Waals surface area contributed by atoms with Crippen molar-refractivity contribution in [1.82, 2.24) is 15.1 Å². The van der Waals surface area contributed by atoms with Gasteiger partial charge in [-0.05, 0) is 46.7 Å². The second-order valence-corrected chi connectivity index (χ2v) is 6.03. The van der Waals surface area contributed by atoms with Crippen LogP contribution in [0.5, 0.6) is 0 Å². The normalized spacial score (nSPS) is 16.4. The zero-order valence-corrected chi connectivity index (χ0v) is 18.3. The first-order valence-corrected chi connectivity index (χ1v) is 9.03. The quantitative estimate of drug-likeness (QED) is 0.236. The standard InChI is InChI=1S/C17H36N4O2.HI/c1-5-18-17(19-10-7-11-20(3)14-15-22-4)21-12-8-16(9-13-21)23-6-2;/h16H,5-15H2,1-4H3,(H,18,19);1H. The number of piperidine rings is 1. The predicted octanol–water partition coefficient (Wildman–Crippen LogP) is 2.04. The highest BCUT2D eigenvalue weighted by Crippen LogP contribution is 2.13. The van der Waals surface area contributed by atoms with Crippen LogP contribution in [0.25, 0.3) is 0 Å². The molecule has 0 atom stereocenters. The van der Waals surface area contributed by atoms with Gasteiger partial charge in [0.2, 0.25) is 0 Å². The first-order chi connectivity index (χ1) is 11.2. The van der Waals surface area contributed by atoms with Gasteiger partial charge in [-0.25, -0.2) is 0 Å². The van der Waals surface area contributed by atoms with Gasteiger partial charge in [0, 0.05) is 46.4 Å². The Balaban J connectivity index is 0.00000529. The number of likely N-dealkylation sites (N-methyl/N-ethyl adjacent to an activating group) is 1. The third kappa shape index (κ3) is 10.0. The van der Waals surface area contributed by atoms with Crippen molar-refractivity contribution in [3.05, 3.63) is 0 Å². The highest BCUT2D eigenvalue weighted by molar-refractivity contribution is 14.0. The van der Waals surface area contributed by atoms with E-state index in [0.29, 0.717) is 6.10 Å². The number of hydrogen-bond acceptors (Lipinski definition) is 4. The van der Waals surface area contributed by atoms with Gasteiger partial charge in [0.05, 0.1) is 12.7 Å². The van der Waals surface area contributed by atoms with Gasteiger partial charge in [0.25, 0.3) is 0 Å². The van der Waals surface area contributed by atoms with E-state index in [9.17, 15) is 0 Å². The summed E-state index contributed by atoms with van der Waals surface area (Å²) in [6, 6.07) is 0. The molecule has 0 spiro atoms. The molecule has 0 aliphatic carbocycles. The van der Waals surface area contributed by atoms with E-state index >= 15 is 0 Å². The lowest BCUT2D eigenvalue weighted by molar-refractivity contribution is 0.0264. The van der Waals surface area contributed by atoms with E-state index in [1.54, 1.807) is 7.11 Å². The first-order valence-electron chi connectivity index (χ1n) is 9.03. The summed E-state index contributed by atoms with van der Waals surface area (Å²) in [6.45, 7) is 11.7. The van der Waals surface area contributed by atoms with Crippen LogP contribution in [0.1, 0.15) is 33.1 Å². The molecule has 0 radical (unpaired) electrons. The van der Waals surface area contributed by atoms with Crippen molar-refractivity contribution in [3.63, 3.8) is 0 Å². The van der Waals surface area contributed by atoms with E-state index in [2.05, 4.69) is 36.0 Å². The van der Waals surface area contributed by atoms with Gasteiger partial charge in [0.1, 0.15) is 0 Å². The fraction of sp³-hybridized carbons (Fsp3) is 0.941. The van der Waals surface area contributed by atoms with Crippen molar-refractivity contribution >= 4 is 29.9 Å². The van der Waals surface area contributed by atoms with Gasteiger partial charge in [-0.15, -0.1) is 24.0 Å². The predicted molar refractivity (Wildman–Crippen MR) is 112 cm³/mol. The van der Waals surface area contributed by atoms with Crippen molar-refractivity contribution in [3.8, 4) is 0 Å². The van der Waals surface area contributed by atoms with Crippen LogP contribution in [-0.2, 0) is 9.47 Å². The third-order valence-electron chi connectivity index (χ3n) is 4.12. The molecule has 0 aromatic rings. The molecule has 0 bridgehead atoms.